The Morgan fingerprint density at radius 1 is 1.48 bits per heavy atom. The van der Waals surface area contributed by atoms with Gasteiger partial charge >= 0.3 is 0 Å². The number of hydrogen-bond acceptors (Lipinski definition) is 4. The molecule has 1 heterocycles. The zero-order valence-corrected chi connectivity index (χ0v) is 13.1. The third kappa shape index (κ3) is 4.04. The zero-order valence-electron chi connectivity index (χ0n) is 11.5. The number of benzene rings is 1. The van der Waals surface area contributed by atoms with Crippen LogP contribution >= 0.6 is 11.6 Å². The van der Waals surface area contributed by atoms with Crippen molar-refractivity contribution < 1.29 is 8.42 Å². The Hall–Kier alpha value is -1.41. The van der Waals surface area contributed by atoms with Crippen LogP contribution < -0.4 is 10.5 Å². The minimum absolute atomic E-state index is 0.127. The molecule has 0 fully saturated rings. The third-order valence-corrected chi connectivity index (χ3v) is 4.89. The number of sulfonamides is 1. The van der Waals surface area contributed by atoms with E-state index in [0.717, 1.165) is 0 Å². The Kier molecular flexibility index (Phi) is 5.00. The normalized spacial score (nSPS) is 13.3. The minimum atomic E-state index is -3.62. The first kappa shape index (κ1) is 16.0. The van der Waals surface area contributed by atoms with E-state index < -0.39 is 10.0 Å². The quantitative estimate of drug-likeness (QED) is 0.837. The van der Waals surface area contributed by atoms with E-state index in [9.17, 15) is 8.42 Å². The summed E-state index contributed by atoms with van der Waals surface area (Å²) >= 11 is 6.00. The Morgan fingerprint density at radius 2 is 2.24 bits per heavy atom. The average Bonchev–Trinajstić information content (AvgIpc) is 2.90. The summed E-state index contributed by atoms with van der Waals surface area (Å²) in [5.41, 5.74) is 6.22. The molecular weight excluding hydrogens is 312 g/mol. The summed E-state index contributed by atoms with van der Waals surface area (Å²) in [6, 6.07) is 4.26. The molecule has 2 rings (SSSR count). The van der Waals surface area contributed by atoms with Crippen LogP contribution in [0.5, 0.6) is 0 Å². The van der Waals surface area contributed by atoms with Gasteiger partial charge in [-0.1, -0.05) is 17.7 Å². The van der Waals surface area contributed by atoms with Crippen LogP contribution in [-0.4, -0.2) is 24.0 Å². The molecule has 8 heteroatoms. The first-order valence-corrected chi connectivity index (χ1v) is 8.25. The summed E-state index contributed by atoms with van der Waals surface area (Å²) in [5, 5.41) is 0.350. The molecule has 3 N–H and O–H groups in total. The van der Waals surface area contributed by atoms with Gasteiger partial charge in [-0.15, -0.1) is 0 Å². The van der Waals surface area contributed by atoms with Gasteiger partial charge in [0, 0.05) is 36.5 Å². The minimum Gasteiger partial charge on any atom is -0.336 e. The Morgan fingerprint density at radius 3 is 2.81 bits per heavy atom. The number of imidazole rings is 1. The van der Waals surface area contributed by atoms with Crippen molar-refractivity contribution in [3.63, 3.8) is 0 Å². The molecule has 0 saturated heterocycles. The molecule has 0 saturated carbocycles. The molecular formula is C13H17ClN4O2S. The summed E-state index contributed by atoms with van der Waals surface area (Å²) < 4.78 is 29.0. The fourth-order valence-electron chi connectivity index (χ4n) is 1.94. The van der Waals surface area contributed by atoms with E-state index in [1.807, 2.05) is 0 Å². The van der Waals surface area contributed by atoms with Gasteiger partial charge in [0.05, 0.1) is 11.2 Å². The van der Waals surface area contributed by atoms with E-state index in [1.165, 1.54) is 12.1 Å². The zero-order chi connectivity index (χ0) is 15.5. The lowest BCUT2D eigenvalue weighted by Crippen LogP contribution is -2.35. The van der Waals surface area contributed by atoms with Crippen LogP contribution in [-0.2, 0) is 23.1 Å². The number of halogens is 1. The molecule has 2 aromatic rings. The highest BCUT2D eigenvalue weighted by Gasteiger charge is 2.18. The lowest BCUT2D eigenvalue weighted by molar-refractivity contribution is 0.520. The molecule has 0 aliphatic carbocycles. The van der Waals surface area contributed by atoms with Gasteiger partial charge in [0.2, 0.25) is 10.0 Å². The number of nitrogens with zero attached hydrogens (tertiary/aromatic N) is 2. The van der Waals surface area contributed by atoms with Crippen molar-refractivity contribution >= 4 is 21.6 Å². The van der Waals surface area contributed by atoms with Crippen LogP contribution in [0.15, 0.2) is 41.8 Å². The van der Waals surface area contributed by atoms with E-state index in [2.05, 4.69) is 9.71 Å². The molecule has 21 heavy (non-hydrogen) atoms. The van der Waals surface area contributed by atoms with Gasteiger partial charge in [-0.2, -0.15) is 0 Å². The van der Waals surface area contributed by atoms with E-state index in [1.54, 1.807) is 36.3 Å². The summed E-state index contributed by atoms with van der Waals surface area (Å²) in [4.78, 5) is 4.04. The molecule has 1 atom stereocenters. The van der Waals surface area contributed by atoms with Crippen LogP contribution in [0.1, 0.15) is 12.5 Å². The van der Waals surface area contributed by atoms with Crippen molar-refractivity contribution in [1.29, 1.82) is 0 Å². The third-order valence-electron chi connectivity index (χ3n) is 2.95. The Balaban J connectivity index is 2.12. The van der Waals surface area contributed by atoms with Gasteiger partial charge in [-0.05, 0) is 24.6 Å². The Labute approximate surface area is 129 Å². The molecule has 6 nitrogen and oxygen atoms in total. The molecule has 0 aliphatic rings. The van der Waals surface area contributed by atoms with E-state index in [-0.39, 0.29) is 17.5 Å². The highest BCUT2D eigenvalue weighted by atomic mass is 35.5. The number of rotatable bonds is 6. The van der Waals surface area contributed by atoms with Crippen molar-refractivity contribution in [1.82, 2.24) is 14.3 Å². The highest BCUT2D eigenvalue weighted by Crippen LogP contribution is 2.20. The topological polar surface area (TPSA) is 90.0 Å². The molecule has 0 aliphatic heterocycles. The first-order chi connectivity index (χ1) is 9.92. The second-order valence-corrected chi connectivity index (χ2v) is 6.86. The number of aromatic nitrogens is 2. The summed E-state index contributed by atoms with van der Waals surface area (Å²) in [6.45, 7) is 2.55. The molecule has 0 bridgehead atoms. The number of hydrogen-bond donors (Lipinski definition) is 2. The average molecular weight is 329 g/mol. The lowest BCUT2D eigenvalue weighted by atomic mass is 10.2. The molecule has 1 aromatic heterocycles. The van der Waals surface area contributed by atoms with Crippen molar-refractivity contribution in [2.45, 2.75) is 31.0 Å². The number of nitrogens with one attached hydrogen (secondary N) is 1. The highest BCUT2D eigenvalue weighted by molar-refractivity contribution is 7.89. The van der Waals surface area contributed by atoms with E-state index in [0.29, 0.717) is 17.1 Å². The standard InChI is InChI=1S/C13H17ClN4O2S/c1-10(8-18-5-4-16-9-18)17-21(19,20)12-3-2-11(7-15)13(14)6-12/h2-6,9-10,17H,7-8,15H2,1H3. The number of nitrogens with two attached hydrogens (primary N) is 1. The van der Waals surface area contributed by atoms with Gasteiger partial charge in [0.15, 0.2) is 0 Å². The fraction of sp³-hybridized carbons (Fsp3) is 0.308. The van der Waals surface area contributed by atoms with Gasteiger partial charge in [-0.3, -0.25) is 0 Å². The van der Waals surface area contributed by atoms with Crippen molar-refractivity contribution in [3.05, 3.63) is 47.5 Å². The second-order valence-electron chi connectivity index (χ2n) is 4.74. The molecule has 0 radical (unpaired) electrons. The fourth-order valence-corrected chi connectivity index (χ4v) is 3.52. The van der Waals surface area contributed by atoms with Crippen LogP contribution in [0, 0.1) is 0 Å². The SMILES string of the molecule is CC(Cn1ccnc1)NS(=O)(=O)c1ccc(CN)c(Cl)c1. The summed E-state index contributed by atoms with van der Waals surface area (Å²) in [6.07, 6.45) is 5.06. The van der Waals surface area contributed by atoms with Crippen molar-refractivity contribution in [2.75, 3.05) is 0 Å². The van der Waals surface area contributed by atoms with E-state index >= 15 is 0 Å². The maximum Gasteiger partial charge on any atom is 0.240 e. The van der Waals surface area contributed by atoms with Gasteiger partial charge in [0.1, 0.15) is 0 Å². The molecule has 0 amide bonds. The van der Waals surface area contributed by atoms with Crippen LogP contribution in [0.4, 0.5) is 0 Å². The lowest BCUT2D eigenvalue weighted by Gasteiger charge is -2.15. The van der Waals surface area contributed by atoms with Gasteiger partial charge in [-0.25, -0.2) is 18.1 Å². The maximum absolute atomic E-state index is 12.3. The second kappa shape index (κ2) is 6.57. The van der Waals surface area contributed by atoms with Crippen molar-refractivity contribution in [3.8, 4) is 0 Å². The smallest absolute Gasteiger partial charge is 0.240 e. The molecule has 114 valence electrons. The summed E-state index contributed by atoms with van der Waals surface area (Å²) in [5.74, 6) is 0. The molecule has 1 unspecified atom stereocenters. The predicted molar refractivity (Wildman–Crippen MR) is 81.4 cm³/mol. The van der Waals surface area contributed by atoms with Crippen LogP contribution in [0.3, 0.4) is 0 Å². The van der Waals surface area contributed by atoms with Gasteiger partial charge in [0.25, 0.3) is 0 Å². The monoisotopic (exact) mass is 328 g/mol. The predicted octanol–water partition coefficient (Wildman–Crippen LogP) is 1.36. The van der Waals surface area contributed by atoms with Crippen molar-refractivity contribution in [2.24, 2.45) is 5.73 Å². The Bertz CT molecular complexity index is 701. The largest absolute Gasteiger partial charge is 0.336 e. The molecule has 1 aromatic carbocycles. The first-order valence-electron chi connectivity index (χ1n) is 6.39. The maximum atomic E-state index is 12.3. The molecule has 0 spiro atoms. The van der Waals surface area contributed by atoms with E-state index in [4.69, 9.17) is 17.3 Å². The van der Waals surface area contributed by atoms with Gasteiger partial charge < -0.3 is 10.3 Å². The van der Waals surface area contributed by atoms with Crippen LogP contribution in [0.2, 0.25) is 5.02 Å². The van der Waals surface area contributed by atoms with Crippen LogP contribution in [0.25, 0.3) is 0 Å². The summed E-state index contributed by atoms with van der Waals surface area (Å²) in [7, 11) is -3.62.